The molecule has 150 valence electrons. The van der Waals surface area contributed by atoms with Crippen LogP contribution in [0.4, 0.5) is 5.69 Å². The Hall–Kier alpha value is -2.08. The zero-order chi connectivity index (χ0) is 19.5. The third kappa shape index (κ3) is 7.21. The molecule has 1 aliphatic heterocycles. The average molecular weight is 375 g/mol. The van der Waals surface area contributed by atoms with Crippen LogP contribution in [-0.4, -0.2) is 74.0 Å². The standard InChI is InChI=1S/C21H34N4O2/c1-3-23(4-2)14-8-13-22-20(26)11-12-21(27)25-17-15-24(16-18-25)19-9-6-5-7-10-19/h5-7,9-10H,3-4,8,11-18H2,1-2H3,(H,22,26). The van der Waals surface area contributed by atoms with Gasteiger partial charge < -0.3 is 20.0 Å². The Kier molecular flexibility index (Phi) is 9.11. The van der Waals surface area contributed by atoms with Gasteiger partial charge in [0, 0.05) is 51.3 Å². The van der Waals surface area contributed by atoms with Crippen molar-refractivity contribution < 1.29 is 9.59 Å². The van der Waals surface area contributed by atoms with Crippen LogP contribution in [-0.2, 0) is 9.59 Å². The predicted octanol–water partition coefficient (Wildman–Crippen LogP) is 1.96. The lowest BCUT2D eigenvalue weighted by Crippen LogP contribution is -2.49. The highest BCUT2D eigenvalue weighted by Crippen LogP contribution is 2.16. The normalized spacial score (nSPS) is 14.5. The molecule has 0 bridgehead atoms. The molecule has 0 spiro atoms. The summed E-state index contributed by atoms with van der Waals surface area (Å²) in [5, 5.41) is 2.93. The highest BCUT2D eigenvalue weighted by molar-refractivity contribution is 5.83. The van der Waals surface area contributed by atoms with Crippen LogP contribution in [0.3, 0.4) is 0 Å². The Bertz CT molecular complexity index is 567. The average Bonchev–Trinajstić information content (AvgIpc) is 2.73. The summed E-state index contributed by atoms with van der Waals surface area (Å²) in [6, 6.07) is 10.3. The van der Waals surface area contributed by atoms with Gasteiger partial charge in [-0.05, 0) is 38.2 Å². The number of nitrogens with one attached hydrogen (secondary N) is 1. The zero-order valence-electron chi connectivity index (χ0n) is 16.8. The lowest BCUT2D eigenvalue weighted by molar-refractivity contribution is -0.133. The van der Waals surface area contributed by atoms with Crippen LogP contribution >= 0.6 is 0 Å². The topological polar surface area (TPSA) is 55.9 Å². The van der Waals surface area contributed by atoms with Crippen molar-refractivity contribution in [3.05, 3.63) is 30.3 Å². The largest absolute Gasteiger partial charge is 0.368 e. The monoisotopic (exact) mass is 374 g/mol. The maximum Gasteiger partial charge on any atom is 0.223 e. The van der Waals surface area contributed by atoms with Crippen LogP contribution < -0.4 is 10.2 Å². The Labute approximate surface area is 163 Å². The number of carbonyl (C=O) groups is 2. The summed E-state index contributed by atoms with van der Waals surface area (Å²) in [4.78, 5) is 30.8. The fraction of sp³-hybridized carbons (Fsp3) is 0.619. The molecule has 1 saturated heterocycles. The number of anilines is 1. The van der Waals surface area contributed by atoms with Gasteiger partial charge in [-0.25, -0.2) is 0 Å². The van der Waals surface area contributed by atoms with E-state index in [1.807, 2.05) is 23.1 Å². The molecule has 2 rings (SSSR count). The van der Waals surface area contributed by atoms with Gasteiger partial charge >= 0.3 is 0 Å². The summed E-state index contributed by atoms with van der Waals surface area (Å²) in [6.45, 7) is 11.2. The van der Waals surface area contributed by atoms with Crippen molar-refractivity contribution in [2.45, 2.75) is 33.1 Å². The van der Waals surface area contributed by atoms with Gasteiger partial charge in [-0.2, -0.15) is 0 Å². The Morgan fingerprint density at radius 1 is 1.00 bits per heavy atom. The molecule has 1 aromatic rings. The zero-order valence-corrected chi connectivity index (χ0v) is 16.8. The van der Waals surface area contributed by atoms with Crippen LogP contribution in [0.15, 0.2) is 30.3 Å². The Morgan fingerprint density at radius 3 is 2.30 bits per heavy atom. The fourth-order valence-electron chi connectivity index (χ4n) is 3.39. The van der Waals surface area contributed by atoms with E-state index >= 15 is 0 Å². The molecular weight excluding hydrogens is 340 g/mol. The first-order chi connectivity index (χ1) is 13.1. The highest BCUT2D eigenvalue weighted by atomic mass is 16.2. The highest BCUT2D eigenvalue weighted by Gasteiger charge is 2.21. The van der Waals surface area contributed by atoms with Crippen LogP contribution in [0.1, 0.15) is 33.1 Å². The molecule has 27 heavy (non-hydrogen) atoms. The maximum absolute atomic E-state index is 12.4. The first-order valence-corrected chi connectivity index (χ1v) is 10.2. The molecule has 1 heterocycles. The number of amides is 2. The molecule has 6 nitrogen and oxygen atoms in total. The van der Waals surface area contributed by atoms with Gasteiger partial charge in [0.1, 0.15) is 0 Å². The van der Waals surface area contributed by atoms with Gasteiger partial charge in [-0.15, -0.1) is 0 Å². The second-order valence-corrected chi connectivity index (χ2v) is 6.93. The Balaban J connectivity index is 1.60. The maximum atomic E-state index is 12.4. The van der Waals surface area contributed by atoms with Gasteiger partial charge in [0.25, 0.3) is 0 Å². The molecule has 0 unspecified atom stereocenters. The molecule has 0 aliphatic carbocycles. The third-order valence-electron chi connectivity index (χ3n) is 5.19. The molecule has 0 aromatic heterocycles. The lowest BCUT2D eigenvalue weighted by Gasteiger charge is -2.36. The number of nitrogens with zero attached hydrogens (tertiary/aromatic N) is 3. The van der Waals surface area contributed by atoms with E-state index in [0.29, 0.717) is 13.0 Å². The predicted molar refractivity (Wildman–Crippen MR) is 110 cm³/mol. The lowest BCUT2D eigenvalue weighted by atomic mass is 10.2. The van der Waals surface area contributed by atoms with Crippen molar-refractivity contribution in [2.24, 2.45) is 0 Å². The molecular formula is C21H34N4O2. The number of para-hydroxylation sites is 1. The van der Waals surface area contributed by atoms with Crippen molar-refractivity contribution in [3.63, 3.8) is 0 Å². The minimum Gasteiger partial charge on any atom is -0.368 e. The van der Waals surface area contributed by atoms with Crippen molar-refractivity contribution in [1.29, 1.82) is 0 Å². The number of hydrogen-bond donors (Lipinski definition) is 1. The summed E-state index contributed by atoms with van der Waals surface area (Å²) >= 11 is 0. The molecule has 1 fully saturated rings. The third-order valence-corrected chi connectivity index (χ3v) is 5.19. The summed E-state index contributed by atoms with van der Waals surface area (Å²) < 4.78 is 0. The molecule has 2 amide bonds. The second kappa shape index (κ2) is 11.6. The number of carbonyl (C=O) groups excluding carboxylic acids is 2. The SMILES string of the molecule is CCN(CC)CCCNC(=O)CCC(=O)N1CCN(c2ccccc2)CC1. The molecule has 1 aromatic carbocycles. The van der Waals surface area contributed by atoms with E-state index in [4.69, 9.17) is 0 Å². The van der Waals surface area contributed by atoms with Gasteiger partial charge in [-0.1, -0.05) is 32.0 Å². The fourth-order valence-corrected chi connectivity index (χ4v) is 3.39. The van der Waals surface area contributed by atoms with Crippen LogP contribution in [0.25, 0.3) is 0 Å². The smallest absolute Gasteiger partial charge is 0.223 e. The summed E-state index contributed by atoms with van der Waals surface area (Å²) in [5.74, 6) is 0.0619. The number of piperazine rings is 1. The molecule has 1 aliphatic rings. The van der Waals surface area contributed by atoms with Crippen molar-refractivity contribution >= 4 is 17.5 Å². The van der Waals surface area contributed by atoms with Gasteiger partial charge in [0.15, 0.2) is 0 Å². The minimum absolute atomic E-state index is 0.0224. The summed E-state index contributed by atoms with van der Waals surface area (Å²) in [5.41, 5.74) is 1.20. The van der Waals surface area contributed by atoms with E-state index in [9.17, 15) is 9.59 Å². The van der Waals surface area contributed by atoms with Gasteiger partial charge in [0.2, 0.25) is 11.8 Å². The minimum atomic E-state index is -0.0224. The van der Waals surface area contributed by atoms with Crippen molar-refractivity contribution in [2.75, 3.05) is 57.3 Å². The van der Waals surface area contributed by atoms with E-state index in [-0.39, 0.29) is 18.2 Å². The first-order valence-electron chi connectivity index (χ1n) is 10.2. The van der Waals surface area contributed by atoms with E-state index in [1.54, 1.807) is 0 Å². The van der Waals surface area contributed by atoms with Crippen LogP contribution in [0, 0.1) is 0 Å². The Morgan fingerprint density at radius 2 is 1.67 bits per heavy atom. The van der Waals surface area contributed by atoms with E-state index in [2.05, 4.69) is 41.1 Å². The molecule has 6 heteroatoms. The van der Waals surface area contributed by atoms with E-state index in [1.165, 1.54) is 5.69 Å². The van der Waals surface area contributed by atoms with Crippen LogP contribution in [0.2, 0.25) is 0 Å². The molecule has 0 saturated carbocycles. The summed E-state index contributed by atoms with van der Waals surface area (Å²) in [6.07, 6.45) is 1.53. The quantitative estimate of drug-likeness (QED) is 0.636. The van der Waals surface area contributed by atoms with Crippen molar-refractivity contribution in [1.82, 2.24) is 15.1 Å². The first kappa shape index (κ1) is 21.2. The second-order valence-electron chi connectivity index (χ2n) is 6.93. The molecule has 0 radical (unpaired) electrons. The number of hydrogen-bond acceptors (Lipinski definition) is 4. The van der Waals surface area contributed by atoms with Gasteiger partial charge in [-0.3, -0.25) is 9.59 Å². The van der Waals surface area contributed by atoms with Crippen LogP contribution in [0.5, 0.6) is 0 Å². The molecule has 1 N–H and O–H groups in total. The van der Waals surface area contributed by atoms with Gasteiger partial charge in [0.05, 0.1) is 0 Å². The van der Waals surface area contributed by atoms with Crippen molar-refractivity contribution in [3.8, 4) is 0 Å². The number of rotatable bonds is 10. The summed E-state index contributed by atoms with van der Waals surface area (Å²) in [7, 11) is 0. The van der Waals surface area contributed by atoms with E-state index < -0.39 is 0 Å². The number of benzene rings is 1. The van der Waals surface area contributed by atoms with E-state index in [0.717, 1.165) is 52.2 Å². The molecule has 0 atom stereocenters.